The van der Waals surface area contributed by atoms with Crippen LogP contribution in [0.2, 0.25) is 0 Å². The molecule has 0 spiro atoms. The van der Waals surface area contributed by atoms with Gasteiger partial charge < -0.3 is 23.8 Å². The molecule has 0 saturated carbocycles. The lowest BCUT2D eigenvalue weighted by Crippen LogP contribution is -2.29. The number of esters is 1. The third-order valence-electron chi connectivity index (χ3n) is 4.33. The fraction of sp³-hybridized carbons (Fsp3) is 0.286. The van der Waals surface area contributed by atoms with Crippen molar-refractivity contribution in [2.45, 2.75) is 19.5 Å². The molecule has 0 amide bonds. The van der Waals surface area contributed by atoms with Crippen molar-refractivity contribution in [1.82, 2.24) is 15.5 Å². The predicted molar refractivity (Wildman–Crippen MR) is 107 cm³/mol. The van der Waals surface area contributed by atoms with Gasteiger partial charge in [-0.1, -0.05) is 23.4 Å². The van der Waals surface area contributed by atoms with Crippen LogP contribution in [0.3, 0.4) is 0 Å². The van der Waals surface area contributed by atoms with Gasteiger partial charge in [0.25, 0.3) is 0 Å². The van der Waals surface area contributed by atoms with Crippen molar-refractivity contribution in [1.29, 1.82) is 0 Å². The van der Waals surface area contributed by atoms with Gasteiger partial charge in [0.1, 0.15) is 11.8 Å². The molecule has 1 aromatic heterocycles. The molecule has 0 unspecified atom stereocenters. The second-order valence-corrected chi connectivity index (χ2v) is 6.21. The Morgan fingerprint density at radius 2 is 2.00 bits per heavy atom. The molecule has 0 fully saturated rings. The van der Waals surface area contributed by atoms with E-state index < -0.39 is 12.0 Å². The highest BCUT2D eigenvalue weighted by Gasteiger charge is 2.23. The molecule has 158 valence electrons. The summed E-state index contributed by atoms with van der Waals surface area (Å²) in [6, 6.07) is 11.2. The number of hydrogen-bond donors (Lipinski definition) is 2. The van der Waals surface area contributed by atoms with Crippen LogP contribution in [0.15, 0.2) is 47.0 Å². The summed E-state index contributed by atoms with van der Waals surface area (Å²) in [6.07, 6.45) is 0. The first-order valence-corrected chi connectivity index (χ1v) is 9.30. The Hall–Kier alpha value is -3.59. The topological polar surface area (TPSA) is 116 Å². The highest BCUT2D eigenvalue weighted by molar-refractivity contribution is 5.78. The second-order valence-electron chi connectivity index (χ2n) is 6.21. The molecule has 2 N–H and O–H groups in total. The molecule has 3 aromatic rings. The second kappa shape index (κ2) is 9.75. The molecule has 0 radical (unpaired) electrons. The molecule has 0 bridgehead atoms. The summed E-state index contributed by atoms with van der Waals surface area (Å²) in [6.45, 7) is 2.52. The lowest BCUT2D eigenvalue weighted by atomic mass is 10.1. The molecule has 9 heteroatoms. The minimum Gasteiger partial charge on any atom is -0.504 e. The van der Waals surface area contributed by atoms with Gasteiger partial charge in [0.2, 0.25) is 11.7 Å². The van der Waals surface area contributed by atoms with Crippen LogP contribution in [0.4, 0.5) is 0 Å². The maximum absolute atomic E-state index is 12.3. The summed E-state index contributed by atoms with van der Waals surface area (Å²) in [4.78, 5) is 16.6. The van der Waals surface area contributed by atoms with Gasteiger partial charge in [0, 0.05) is 0 Å². The van der Waals surface area contributed by atoms with E-state index >= 15 is 0 Å². The highest BCUT2D eigenvalue weighted by Crippen LogP contribution is 2.30. The molecule has 0 saturated heterocycles. The van der Waals surface area contributed by atoms with Gasteiger partial charge in [0.05, 0.1) is 32.9 Å². The number of methoxy groups -OCH3 is 2. The number of hydrogen-bond acceptors (Lipinski definition) is 9. The van der Waals surface area contributed by atoms with Gasteiger partial charge in [-0.15, -0.1) is 0 Å². The lowest BCUT2D eigenvalue weighted by molar-refractivity contribution is -0.143. The third-order valence-corrected chi connectivity index (χ3v) is 4.33. The van der Waals surface area contributed by atoms with E-state index in [0.29, 0.717) is 35.1 Å². The summed E-state index contributed by atoms with van der Waals surface area (Å²) < 4.78 is 20.8. The standard InChI is InChI=1S/C21H23N3O6/c1-4-29-16-8-6-5-7-14(16)20-23-18(30-24-20)12-22-19(21(26)28-3)13-9-10-17(27-2)15(25)11-13/h5-11,19,22,25H,4,12H2,1-3H3/t19-/m1/s1. The molecule has 30 heavy (non-hydrogen) atoms. The number of nitrogens with one attached hydrogen (secondary N) is 1. The number of phenols is 1. The average Bonchev–Trinajstić information content (AvgIpc) is 3.23. The Labute approximate surface area is 173 Å². The molecule has 1 atom stereocenters. The first-order chi connectivity index (χ1) is 14.6. The van der Waals surface area contributed by atoms with Gasteiger partial charge in [-0.3, -0.25) is 5.32 Å². The zero-order valence-electron chi connectivity index (χ0n) is 16.9. The third kappa shape index (κ3) is 4.69. The van der Waals surface area contributed by atoms with Gasteiger partial charge in [-0.25, -0.2) is 4.79 Å². The van der Waals surface area contributed by atoms with Gasteiger partial charge >= 0.3 is 5.97 Å². The van der Waals surface area contributed by atoms with E-state index in [1.54, 1.807) is 12.1 Å². The molecule has 0 aliphatic carbocycles. The molecule has 0 aliphatic heterocycles. The quantitative estimate of drug-likeness (QED) is 0.511. The van der Waals surface area contributed by atoms with Crippen molar-refractivity contribution in [2.75, 3.05) is 20.8 Å². The molecule has 3 rings (SSSR count). The van der Waals surface area contributed by atoms with Crippen LogP contribution >= 0.6 is 0 Å². The van der Waals surface area contributed by atoms with Gasteiger partial charge in [-0.05, 0) is 36.8 Å². The van der Waals surface area contributed by atoms with Crippen LogP contribution in [0.1, 0.15) is 24.4 Å². The smallest absolute Gasteiger partial charge is 0.327 e. The van der Waals surface area contributed by atoms with E-state index in [1.165, 1.54) is 20.3 Å². The van der Waals surface area contributed by atoms with Crippen LogP contribution in [-0.2, 0) is 16.1 Å². The fourth-order valence-electron chi connectivity index (χ4n) is 2.90. The first-order valence-electron chi connectivity index (χ1n) is 9.30. The largest absolute Gasteiger partial charge is 0.504 e. The lowest BCUT2D eigenvalue weighted by Gasteiger charge is -2.16. The van der Waals surface area contributed by atoms with Crippen LogP contribution in [0.25, 0.3) is 11.4 Å². The summed E-state index contributed by atoms with van der Waals surface area (Å²) in [5.74, 6) is 1.01. The number of carbonyl (C=O) groups excluding carboxylic acids is 1. The Balaban J connectivity index is 1.77. The van der Waals surface area contributed by atoms with E-state index in [0.717, 1.165) is 0 Å². The summed E-state index contributed by atoms with van der Waals surface area (Å²) in [7, 11) is 2.73. The van der Waals surface area contributed by atoms with Gasteiger partial charge in [-0.2, -0.15) is 4.98 Å². The van der Waals surface area contributed by atoms with E-state index in [1.807, 2.05) is 31.2 Å². The normalized spacial score (nSPS) is 11.7. The highest BCUT2D eigenvalue weighted by atomic mass is 16.5. The van der Waals surface area contributed by atoms with E-state index in [-0.39, 0.29) is 18.2 Å². The number of nitrogens with zero attached hydrogens (tertiary/aromatic N) is 2. The van der Waals surface area contributed by atoms with Crippen LogP contribution in [0, 0.1) is 0 Å². The number of carbonyl (C=O) groups is 1. The molecule has 0 aliphatic rings. The number of para-hydroxylation sites is 1. The predicted octanol–water partition coefficient (Wildman–Crippen LogP) is 2.85. The minimum absolute atomic E-state index is 0.0849. The van der Waals surface area contributed by atoms with Crippen molar-refractivity contribution in [3.63, 3.8) is 0 Å². The number of aromatic hydroxyl groups is 1. The summed E-state index contributed by atoms with van der Waals surface area (Å²) >= 11 is 0. The number of rotatable bonds is 9. The minimum atomic E-state index is -0.849. The average molecular weight is 413 g/mol. The number of aromatic nitrogens is 2. The maximum atomic E-state index is 12.3. The van der Waals surface area contributed by atoms with E-state index in [4.69, 9.17) is 18.7 Å². The fourth-order valence-corrected chi connectivity index (χ4v) is 2.90. The van der Waals surface area contributed by atoms with Crippen molar-refractivity contribution >= 4 is 5.97 Å². The Bertz CT molecular complexity index is 1000. The van der Waals surface area contributed by atoms with Crippen LogP contribution in [-0.4, -0.2) is 42.0 Å². The van der Waals surface area contributed by atoms with Crippen LogP contribution < -0.4 is 14.8 Å². The number of benzene rings is 2. The molecular weight excluding hydrogens is 390 g/mol. The van der Waals surface area contributed by atoms with Crippen LogP contribution in [0.5, 0.6) is 17.2 Å². The zero-order chi connectivity index (χ0) is 21.5. The molecular formula is C21H23N3O6. The SMILES string of the molecule is CCOc1ccccc1-c1noc(CN[C@@H](C(=O)OC)c2ccc(OC)c(O)c2)n1. The van der Waals surface area contributed by atoms with E-state index in [2.05, 4.69) is 15.5 Å². The van der Waals surface area contributed by atoms with E-state index in [9.17, 15) is 9.90 Å². The Morgan fingerprint density at radius 3 is 2.70 bits per heavy atom. The van der Waals surface area contributed by atoms with Crippen molar-refractivity contribution < 1.29 is 28.6 Å². The Kier molecular flexibility index (Phi) is 6.87. The van der Waals surface area contributed by atoms with Crippen molar-refractivity contribution in [2.24, 2.45) is 0 Å². The Morgan fingerprint density at radius 1 is 1.20 bits per heavy atom. The monoisotopic (exact) mass is 413 g/mol. The first kappa shape index (κ1) is 21.1. The molecule has 1 heterocycles. The summed E-state index contributed by atoms with van der Waals surface area (Å²) in [5, 5.41) is 17.0. The zero-order valence-corrected chi connectivity index (χ0v) is 16.9. The summed E-state index contributed by atoms with van der Waals surface area (Å²) in [5.41, 5.74) is 1.21. The van der Waals surface area contributed by atoms with Crippen molar-refractivity contribution in [3.8, 4) is 28.6 Å². The van der Waals surface area contributed by atoms with Gasteiger partial charge in [0.15, 0.2) is 11.5 Å². The number of phenolic OH excluding ortho intramolecular Hbond substituents is 1. The molecule has 2 aromatic carbocycles. The maximum Gasteiger partial charge on any atom is 0.327 e. The van der Waals surface area contributed by atoms with Crippen molar-refractivity contribution in [3.05, 3.63) is 53.9 Å². The number of ether oxygens (including phenoxy) is 3. The molecule has 9 nitrogen and oxygen atoms in total.